The summed E-state index contributed by atoms with van der Waals surface area (Å²) in [5.74, 6) is 1.25. The van der Waals surface area contributed by atoms with Crippen molar-refractivity contribution in [3.63, 3.8) is 0 Å². The van der Waals surface area contributed by atoms with Gasteiger partial charge in [0.05, 0.1) is 0 Å². The number of nitrogens with one attached hydrogen (secondary N) is 1. The van der Waals surface area contributed by atoms with Crippen molar-refractivity contribution in [1.82, 2.24) is 5.32 Å². The highest BCUT2D eigenvalue weighted by molar-refractivity contribution is 5.85. The molecule has 0 aromatic carbocycles. The summed E-state index contributed by atoms with van der Waals surface area (Å²) in [5, 5.41) is 15.3. The van der Waals surface area contributed by atoms with Crippen LogP contribution in [0.5, 0.6) is 0 Å². The highest BCUT2D eigenvalue weighted by Crippen LogP contribution is 2.24. The Labute approximate surface area is 111 Å². The van der Waals surface area contributed by atoms with E-state index in [1.165, 1.54) is 32.2 Å². The van der Waals surface area contributed by atoms with Crippen molar-refractivity contribution < 1.29 is 5.21 Å². The van der Waals surface area contributed by atoms with Gasteiger partial charge in [-0.3, -0.25) is 0 Å². The Bertz CT molecular complexity index is 258. The van der Waals surface area contributed by atoms with E-state index < -0.39 is 0 Å². The summed E-state index contributed by atoms with van der Waals surface area (Å²) in [6.07, 6.45) is 8.89. The number of amidine groups is 1. The third kappa shape index (κ3) is 5.25. The van der Waals surface area contributed by atoms with Gasteiger partial charge in [-0.1, -0.05) is 38.3 Å². The summed E-state index contributed by atoms with van der Waals surface area (Å²) >= 11 is 0. The molecule has 0 heterocycles. The number of rotatable bonds is 8. The SMILES string of the molecule is CC(C)(CCCCNCC1CCCC1)C(N)=NO. The van der Waals surface area contributed by atoms with Gasteiger partial charge in [0.2, 0.25) is 0 Å². The van der Waals surface area contributed by atoms with Crippen LogP contribution < -0.4 is 11.1 Å². The third-order valence-corrected chi connectivity index (χ3v) is 4.11. The largest absolute Gasteiger partial charge is 0.409 e. The quantitative estimate of drug-likeness (QED) is 0.205. The molecule has 0 spiro atoms. The topological polar surface area (TPSA) is 70.6 Å². The Morgan fingerprint density at radius 2 is 2.00 bits per heavy atom. The lowest BCUT2D eigenvalue weighted by atomic mass is 9.86. The molecule has 1 rings (SSSR count). The molecule has 0 unspecified atom stereocenters. The Morgan fingerprint density at radius 1 is 1.33 bits per heavy atom. The van der Waals surface area contributed by atoms with Crippen LogP contribution in [0.4, 0.5) is 0 Å². The van der Waals surface area contributed by atoms with Gasteiger partial charge >= 0.3 is 0 Å². The second-order valence-electron chi connectivity index (χ2n) is 6.18. The molecule has 106 valence electrons. The molecule has 4 N–H and O–H groups in total. The molecule has 0 bridgehead atoms. The van der Waals surface area contributed by atoms with Crippen LogP contribution in [-0.4, -0.2) is 24.1 Å². The van der Waals surface area contributed by atoms with Crippen LogP contribution in [0.1, 0.15) is 58.8 Å². The number of hydrogen-bond donors (Lipinski definition) is 3. The van der Waals surface area contributed by atoms with Crippen LogP contribution in [-0.2, 0) is 0 Å². The number of nitrogens with two attached hydrogens (primary N) is 1. The number of oxime groups is 1. The van der Waals surface area contributed by atoms with E-state index in [-0.39, 0.29) is 5.41 Å². The van der Waals surface area contributed by atoms with Crippen molar-refractivity contribution >= 4 is 5.84 Å². The Hall–Kier alpha value is -0.770. The molecule has 1 fully saturated rings. The van der Waals surface area contributed by atoms with E-state index in [0.29, 0.717) is 5.84 Å². The summed E-state index contributed by atoms with van der Waals surface area (Å²) in [4.78, 5) is 0. The number of hydrogen-bond acceptors (Lipinski definition) is 3. The van der Waals surface area contributed by atoms with Gasteiger partial charge in [0.15, 0.2) is 0 Å². The monoisotopic (exact) mass is 255 g/mol. The maximum absolute atomic E-state index is 8.68. The fraction of sp³-hybridized carbons (Fsp3) is 0.929. The van der Waals surface area contributed by atoms with E-state index in [2.05, 4.69) is 10.5 Å². The molecule has 4 heteroatoms. The lowest BCUT2D eigenvalue weighted by molar-refractivity contribution is 0.304. The number of unbranched alkanes of at least 4 members (excludes halogenated alkanes) is 1. The summed E-state index contributed by atoms with van der Waals surface area (Å²) in [6.45, 7) is 6.31. The molecule has 0 atom stereocenters. The molecule has 0 saturated heterocycles. The van der Waals surface area contributed by atoms with E-state index >= 15 is 0 Å². The van der Waals surface area contributed by atoms with Gasteiger partial charge in [0.1, 0.15) is 5.84 Å². The predicted molar refractivity (Wildman–Crippen MR) is 75.9 cm³/mol. The first-order valence-corrected chi connectivity index (χ1v) is 7.25. The second-order valence-corrected chi connectivity index (χ2v) is 6.18. The zero-order chi connectivity index (χ0) is 13.4. The van der Waals surface area contributed by atoms with Crippen molar-refractivity contribution in [1.29, 1.82) is 0 Å². The molecule has 0 aromatic heterocycles. The average molecular weight is 255 g/mol. The minimum Gasteiger partial charge on any atom is -0.409 e. The predicted octanol–water partition coefficient (Wildman–Crippen LogP) is 2.71. The van der Waals surface area contributed by atoms with Crippen LogP contribution in [0.15, 0.2) is 5.16 Å². The normalized spacial score (nSPS) is 18.4. The fourth-order valence-electron chi connectivity index (χ4n) is 2.60. The number of nitrogens with zero attached hydrogens (tertiary/aromatic N) is 1. The second kappa shape index (κ2) is 7.62. The first-order chi connectivity index (χ1) is 8.56. The maximum Gasteiger partial charge on any atom is 0.144 e. The van der Waals surface area contributed by atoms with E-state index in [0.717, 1.165) is 31.7 Å². The molecule has 0 amide bonds. The smallest absolute Gasteiger partial charge is 0.144 e. The molecule has 1 aliphatic rings. The van der Waals surface area contributed by atoms with Crippen LogP contribution in [0.2, 0.25) is 0 Å². The summed E-state index contributed by atoms with van der Waals surface area (Å²) in [5.41, 5.74) is 5.46. The van der Waals surface area contributed by atoms with Gasteiger partial charge < -0.3 is 16.3 Å². The van der Waals surface area contributed by atoms with Crippen LogP contribution >= 0.6 is 0 Å². The first kappa shape index (κ1) is 15.3. The highest BCUT2D eigenvalue weighted by Gasteiger charge is 2.22. The molecule has 0 radical (unpaired) electrons. The van der Waals surface area contributed by atoms with E-state index in [1.807, 2.05) is 13.8 Å². The zero-order valence-electron chi connectivity index (χ0n) is 11.9. The van der Waals surface area contributed by atoms with Gasteiger partial charge in [-0.25, -0.2) is 0 Å². The molecule has 4 nitrogen and oxygen atoms in total. The van der Waals surface area contributed by atoms with Crippen molar-refractivity contribution in [2.75, 3.05) is 13.1 Å². The summed E-state index contributed by atoms with van der Waals surface area (Å²) in [6, 6.07) is 0. The molecule has 0 aliphatic heterocycles. The van der Waals surface area contributed by atoms with Crippen molar-refractivity contribution in [2.24, 2.45) is 22.2 Å². The molecule has 0 aromatic rings. The average Bonchev–Trinajstić information content (AvgIpc) is 2.85. The van der Waals surface area contributed by atoms with Crippen molar-refractivity contribution in [3.8, 4) is 0 Å². The third-order valence-electron chi connectivity index (χ3n) is 4.11. The Balaban J connectivity index is 2.01. The van der Waals surface area contributed by atoms with E-state index in [1.54, 1.807) is 0 Å². The van der Waals surface area contributed by atoms with Crippen LogP contribution in [0.3, 0.4) is 0 Å². The van der Waals surface area contributed by atoms with Gasteiger partial charge in [0, 0.05) is 5.41 Å². The van der Waals surface area contributed by atoms with Crippen molar-refractivity contribution in [2.45, 2.75) is 58.8 Å². The van der Waals surface area contributed by atoms with Gasteiger partial charge in [0.25, 0.3) is 0 Å². The Kier molecular flexibility index (Phi) is 6.47. The highest BCUT2D eigenvalue weighted by atomic mass is 16.4. The van der Waals surface area contributed by atoms with Crippen molar-refractivity contribution in [3.05, 3.63) is 0 Å². The Morgan fingerprint density at radius 3 is 2.61 bits per heavy atom. The molecule has 1 aliphatic carbocycles. The van der Waals surface area contributed by atoms with Crippen LogP contribution in [0, 0.1) is 11.3 Å². The minimum absolute atomic E-state index is 0.194. The lowest BCUT2D eigenvalue weighted by Crippen LogP contribution is -2.32. The maximum atomic E-state index is 8.68. The summed E-state index contributed by atoms with van der Waals surface area (Å²) < 4.78 is 0. The summed E-state index contributed by atoms with van der Waals surface area (Å²) in [7, 11) is 0. The standard InChI is InChI=1S/C14H29N3O/c1-14(2,13(15)17-18)9-5-6-10-16-11-12-7-3-4-8-12/h12,16,18H,3-11H2,1-2H3,(H2,15,17). The fourth-order valence-corrected chi connectivity index (χ4v) is 2.60. The van der Waals surface area contributed by atoms with Gasteiger partial charge in [-0.2, -0.15) is 0 Å². The minimum atomic E-state index is -0.194. The molecular weight excluding hydrogens is 226 g/mol. The zero-order valence-corrected chi connectivity index (χ0v) is 11.9. The molecule has 18 heavy (non-hydrogen) atoms. The van der Waals surface area contributed by atoms with Gasteiger partial charge in [-0.05, 0) is 44.7 Å². The van der Waals surface area contributed by atoms with Crippen LogP contribution in [0.25, 0.3) is 0 Å². The van der Waals surface area contributed by atoms with E-state index in [9.17, 15) is 0 Å². The van der Waals surface area contributed by atoms with E-state index in [4.69, 9.17) is 10.9 Å². The molecule has 1 saturated carbocycles. The lowest BCUT2D eigenvalue weighted by Gasteiger charge is -2.22. The molecular formula is C14H29N3O. The first-order valence-electron chi connectivity index (χ1n) is 7.25. The van der Waals surface area contributed by atoms with Gasteiger partial charge in [-0.15, -0.1) is 0 Å².